The van der Waals surface area contributed by atoms with Crippen LogP contribution in [0.2, 0.25) is 0 Å². The van der Waals surface area contributed by atoms with Crippen LogP contribution in [0.5, 0.6) is 0 Å². The molecule has 226 valence electrons. The molecule has 12 nitrogen and oxygen atoms in total. The minimum absolute atomic E-state index is 0.0122. The number of ether oxygens (including phenoxy) is 1. The maximum Gasteiger partial charge on any atom is 0.306 e. The largest absolute Gasteiger partial charge is 0.481 e. The number of carboxylic acids is 1. The van der Waals surface area contributed by atoms with Gasteiger partial charge in [0.1, 0.15) is 10.7 Å². The number of thiazole rings is 1. The van der Waals surface area contributed by atoms with Crippen LogP contribution in [0.4, 0.5) is 0 Å². The van der Waals surface area contributed by atoms with E-state index < -0.39 is 29.9 Å². The van der Waals surface area contributed by atoms with Crippen molar-refractivity contribution in [3.05, 3.63) is 16.1 Å². The molecule has 0 saturated heterocycles. The van der Waals surface area contributed by atoms with Gasteiger partial charge in [-0.3, -0.25) is 28.9 Å². The summed E-state index contributed by atoms with van der Waals surface area (Å²) in [6.45, 7) is 9.85. The number of aliphatic carboxylic acids is 1. The zero-order chi connectivity index (χ0) is 30.4. The Bertz CT molecular complexity index is 1000. The summed E-state index contributed by atoms with van der Waals surface area (Å²) in [6.07, 6.45) is 1.75. The summed E-state index contributed by atoms with van der Waals surface area (Å²) >= 11 is 1.16. The average molecular weight is 584 g/mol. The summed E-state index contributed by atoms with van der Waals surface area (Å²) in [6, 6.07) is -0.348. The number of amides is 3. The standard InChI is InChI=1S/C27H45N5O7S/c1-8-9-12-31(6)15-23(34)29-14-24(35)32(7)21(17(2)3)13-22(39-19(5)33)26-30-20(16-40-26)25(36)28-11-10-18(4)27(37)38/h16-18,21-22H,8-15H2,1-7H3,(H,28,36)(H,29,34)(H,37,38). The van der Waals surface area contributed by atoms with Crippen molar-refractivity contribution in [3.63, 3.8) is 0 Å². The number of carbonyl (C=O) groups is 5. The fourth-order valence-corrected chi connectivity index (χ4v) is 4.78. The van der Waals surface area contributed by atoms with Crippen molar-refractivity contribution in [1.82, 2.24) is 25.4 Å². The number of aromatic nitrogens is 1. The van der Waals surface area contributed by atoms with Gasteiger partial charge in [0.05, 0.1) is 19.0 Å². The topological polar surface area (TPSA) is 158 Å². The van der Waals surface area contributed by atoms with Gasteiger partial charge in [0, 0.05) is 38.4 Å². The van der Waals surface area contributed by atoms with Crippen molar-refractivity contribution >= 4 is 41.0 Å². The molecule has 3 amide bonds. The SMILES string of the molecule is CCCCN(C)CC(=O)NCC(=O)N(C)C(CC(OC(C)=O)c1nc(C(=O)NCCC(C)C(=O)O)cs1)C(C)C. The third-order valence-electron chi connectivity index (χ3n) is 6.48. The van der Waals surface area contributed by atoms with Crippen molar-refractivity contribution in [2.45, 2.75) is 72.4 Å². The lowest BCUT2D eigenvalue weighted by Gasteiger charge is -2.33. The molecule has 1 aromatic heterocycles. The highest BCUT2D eigenvalue weighted by Gasteiger charge is 2.31. The predicted molar refractivity (Wildman–Crippen MR) is 152 cm³/mol. The second-order valence-corrected chi connectivity index (χ2v) is 11.3. The number of nitrogens with one attached hydrogen (secondary N) is 2. The minimum Gasteiger partial charge on any atom is -0.481 e. The van der Waals surface area contributed by atoms with E-state index in [2.05, 4.69) is 22.5 Å². The monoisotopic (exact) mass is 583 g/mol. The van der Waals surface area contributed by atoms with Gasteiger partial charge in [-0.1, -0.05) is 34.1 Å². The Balaban J connectivity index is 2.87. The summed E-state index contributed by atoms with van der Waals surface area (Å²) in [5.41, 5.74) is 0.136. The van der Waals surface area contributed by atoms with E-state index in [-0.39, 0.29) is 61.9 Å². The number of hydrogen-bond donors (Lipinski definition) is 3. The van der Waals surface area contributed by atoms with E-state index >= 15 is 0 Å². The van der Waals surface area contributed by atoms with E-state index in [0.29, 0.717) is 5.01 Å². The highest BCUT2D eigenvalue weighted by Crippen LogP contribution is 2.30. The van der Waals surface area contributed by atoms with Gasteiger partial charge >= 0.3 is 11.9 Å². The molecule has 40 heavy (non-hydrogen) atoms. The molecule has 3 atom stereocenters. The number of unbranched alkanes of at least 4 members (excludes halogenated alkanes) is 1. The van der Waals surface area contributed by atoms with Gasteiger partial charge in [0.25, 0.3) is 5.91 Å². The lowest BCUT2D eigenvalue weighted by molar-refractivity contribution is -0.148. The molecule has 1 heterocycles. The second kappa shape index (κ2) is 17.6. The van der Waals surface area contributed by atoms with Gasteiger partial charge in [-0.25, -0.2) is 4.98 Å². The van der Waals surface area contributed by atoms with Crippen LogP contribution in [0.1, 0.15) is 81.9 Å². The summed E-state index contributed by atoms with van der Waals surface area (Å²) in [7, 11) is 3.51. The quantitative estimate of drug-likeness (QED) is 0.221. The van der Waals surface area contributed by atoms with Gasteiger partial charge in [-0.05, 0) is 32.4 Å². The van der Waals surface area contributed by atoms with Crippen LogP contribution in [-0.4, -0.2) is 95.9 Å². The normalized spacial score (nSPS) is 13.4. The number of hydrogen-bond acceptors (Lipinski definition) is 9. The van der Waals surface area contributed by atoms with Crippen LogP contribution in [0.3, 0.4) is 0 Å². The highest BCUT2D eigenvalue weighted by atomic mass is 32.1. The molecule has 0 aliphatic rings. The highest BCUT2D eigenvalue weighted by molar-refractivity contribution is 7.09. The van der Waals surface area contributed by atoms with E-state index in [1.54, 1.807) is 24.3 Å². The second-order valence-electron chi connectivity index (χ2n) is 10.4. The molecular weight excluding hydrogens is 538 g/mol. The van der Waals surface area contributed by atoms with E-state index in [1.807, 2.05) is 25.8 Å². The molecule has 1 rings (SSSR count). The number of carboxylic acid groups (broad SMARTS) is 1. The minimum atomic E-state index is -0.935. The Kier molecular flexibility index (Phi) is 15.4. The first kappa shape index (κ1) is 35.0. The van der Waals surface area contributed by atoms with E-state index in [4.69, 9.17) is 9.84 Å². The molecule has 0 radical (unpaired) electrons. The fraction of sp³-hybridized carbons (Fsp3) is 0.704. The Morgan fingerprint density at radius 1 is 1.12 bits per heavy atom. The smallest absolute Gasteiger partial charge is 0.306 e. The molecule has 3 unspecified atom stereocenters. The molecule has 3 N–H and O–H groups in total. The summed E-state index contributed by atoms with van der Waals surface area (Å²) < 4.78 is 5.55. The van der Waals surface area contributed by atoms with Crippen molar-refractivity contribution in [3.8, 4) is 0 Å². The van der Waals surface area contributed by atoms with Gasteiger partial charge in [0.2, 0.25) is 11.8 Å². The number of carbonyl (C=O) groups excluding carboxylic acids is 4. The Labute approximate surface area is 240 Å². The van der Waals surface area contributed by atoms with Crippen LogP contribution < -0.4 is 10.6 Å². The Morgan fingerprint density at radius 3 is 2.38 bits per heavy atom. The zero-order valence-electron chi connectivity index (χ0n) is 24.7. The van der Waals surface area contributed by atoms with E-state index in [9.17, 15) is 24.0 Å². The first-order valence-corrected chi connectivity index (χ1v) is 14.5. The molecule has 0 spiro atoms. The van der Waals surface area contributed by atoms with Crippen molar-refractivity contribution in [2.24, 2.45) is 11.8 Å². The maximum atomic E-state index is 13.0. The predicted octanol–water partition coefficient (Wildman–Crippen LogP) is 2.31. The van der Waals surface area contributed by atoms with Crippen LogP contribution in [0.15, 0.2) is 5.38 Å². The number of nitrogens with zero attached hydrogens (tertiary/aromatic N) is 3. The first-order valence-electron chi connectivity index (χ1n) is 13.6. The molecule has 0 bridgehead atoms. The van der Waals surface area contributed by atoms with Crippen molar-refractivity contribution in [2.75, 3.05) is 40.3 Å². The average Bonchev–Trinajstić information content (AvgIpc) is 3.37. The molecule has 1 aromatic rings. The van der Waals surface area contributed by atoms with Gasteiger partial charge in [0.15, 0.2) is 6.10 Å². The van der Waals surface area contributed by atoms with Crippen LogP contribution in [0, 0.1) is 11.8 Å². The number of esters is 1. The number of likely N-dealkylation sites (N-methyl/N-ethyl adjacent to an activating group) is 2. The van der Waals surface area contributed by atoms with Crippen LogP contribution >= 0.6 is 11.3 Å². The molecule has 0 fully saturated rings. The van der Waals surface area contributed by atoms with Gasteiger partial charge in [-0.2, -0.15) is 0 Å². The third kappa shape index (κ3) is 12.4. The Hall–Kier alpha value is -3.06. The summed E-state index contributed by atoms with van der Waals surface area (Å²) in [5.74, 6) is -3.02. The van der Waals surface area contributed by atoms with E-state index in [0.717, 1.165) is 30.7 Å². The summed E-state index contributed by atoms with van der Waals surface area (Å²) in [4.78, 5) is 68.4. The first-order chi connectivity index (χ1) is 18.8. The van der Waals surface area contributed by atoms with Crippen LogP contribution in [0.25, 0.3) is 0 Å². The zero-order valence-corrected chi connectivity index (χ0v) is 25.5. The number of rotatable bonds is 18. The van der Waals surface area contributed by atoms with Crippen LogP contribution in [-0.2, 0) is 23.9 Å². The van der Waals surface area contributed by atoms with Gasteiger partial charge in [-0.15, -0.1) is 11.3 Å². The molecule has 0 aliphatic carbocycles. The lowest BCUT2D eigenvalue weighted by atomic mass is 9.96. The summed E-state index contributed by atoms with van der Waals surface area (Å²) in [5, 5.41) is 16.3. The molecule has 13 heteroatoms. The van der Waals surface area contributed by atoms with Gasteiger partial charge < -0.3 is 25.4 Å². The lowest BCUT2D eigenvalue weighted by Crippen LogP contribution is -2.47. The molecule has 0 aliphatic heterocycles. The molecular formula is C27H45N5O7S. The van der Waals surface area contributed by atoms with Crippen molar-refractivity contribution < 1.29 is 33.8 Å². The Morgan fingerprint density at radius 2 is 1.80 bits per heavy atom. The van der Waals surface area contributed by atoms with E-state index in [1.165, 1.54) is 6.92 Å². The molecule has 0 aromatic carbocycles. The molecule has 0 saturated carbocycles. The maximum absolute atomic E-state index is 13.0. The third-order valence-corrected chi connectivity index (χ3v) is 7.42. The van der Waals surface area contributed by atoms with Crippen molar-refractivity contribution in [1.29, 1.82) is 0 Å². The fourth-order valence-electron chi connectivity index (χ4n) is 3.94.